The first-order chi connectivity index (χ1) is 12.1. The molecule has 0 aliphatic heterocycles. The Hall–Kier alpha value is -2.84. The number of hydrogen-bond acceptors (Lipinski definition) is 6. The van der Waals surface area contributed by atoms with Gasteiger partial charge in [0.1, 0.15) is 11.5 Å². The first-order valence-electron chi connectivity index (χ1n) is 7.47. The van der Waals surface area contributed by atoms with Crippen LogP contribution >= 0.6 is 11.3 Å². The van der Waals surface area contributed by atoms with Crippen LogP contribution in [0.2, 0.25) is 0 Å². The number of furan rings is 2. The van der Waals surface area contributed by atoms with E-state index in [1.165, 1.54) is 23.9 Å². The molecule has 7 nitrogen and oxygen atoms in total. The third-order valence-corrected chi connectivity index (χ3v) is 4.33. The lowest BCUT2D eigenvalue weighted by Gasteiger charge is -2.25. The molecular formula is C17H16N2O5S. The van der Waals surface area contributed by atoms with E-state index < -0.39 is 17.4 Å². The van der Waals surface area contributed by atoms with Crippen LogP contribution in [0.15, 0.2) is 62.5 Å². The third-order valence-electron chi connectivity index (χ3n) is 3.64. The van der Waals surface area contributed by atoms with Crippen LogP contribution in [0.1, 0.15) is 17.1 Å². The summed E-state index contributed by atoms with van der Waals surface area (Å²) in [5, 5.41) is 19.4. The highest BCUT2D eigenvalue weighted by Crippen LogP contribution is 2.30. The van der Waals surface area contributed by atoms with E-state index in [2.05, 4.69) is 10.6 Å². The summed E-state index contributed by atoms with van der Waals surface area (Å²) in [4.78, 5) is 23.9. The molecule has 2 amide bonds. The zero-order valence-electron chi connectivity index (χ0n) is 13.1. The topological polar surface area (TPSA) is 105 Å². The second kappa shape index (κ2) is 7.37. The van der Waals surface area contributed by atoms with E-state index in [1.807, 2.05) is 0 Å². The van der Waals surface area contributed by atoms with E-state index in [9.17, 15) is 14.7 Å². The van der Waals surface area contributed by atoms with Crippen molar-refractivity contribution in [3.8, 4) is 0 Å². The van der Waals surface area contributed by atoms with Crippen LogP contribution in [-0.2, 0) is 21.7 Å². The molecule has 25 heavy (non-hydrogen) atoms. The molecule has 3 rings (SSSR count). The third kappa shape index (κ3) is 3.81. The summed E-state index contributed by atoms with van der Waals surface area (Å²) in [5.41, 5.74) is -0.982. The van der Waals surface area contributed by atoms with Gasteiger partial charge in [-0.2, -0.15) is 11.3 Å². The van der Waals surface area contributed by atoms with Crippen molar-refractivity contribution in [2.75, 3.05) is 6.54 Å². The van der Waals surface area contributed by atoms with Gasteiger partial charge in [0.05, 0.1) is 25.6 Å². The molecule has 0 fully saturated rings. The molecule has 0 aromatic carbocycles. The summed E-state index contributed by atoms with van der Waals surface area (Å²) in [6, 6.07) is 8.36. The Balaban J connectivity index is 1.63. The van der Waals surface area contributed by atoms with Gasteiger partial charge < -0.3 is 24.6 Å². The van der Waals surface area contributed by atoms with Gasteiger partial charge >= 0.3 is 11.8 Å². The van der Waals surface area contributed by atoms with E-state index in [4.69, 9.17) is 8.83 Å². The Morgan fingerprint density at radius 2 is 1.84 bits per heavy atom. The minimum Gasteiger partial charge on any atom is -0.467 e. The van der Waals surface area contributed by atoms with Gasteiger partial charge in [0.15, 0.2) is 5.60 Å². The number of aliphatic hydroxyl groups is 1. The summed E-state index contributed by atoms with van der Waals surface area (Å²) in [6.07, 6.45) is 2.91. The molecule has 3 heterocycles. The fraction of sp³-hybridized carbons (Fsp3) is 0.176. The molecule has 3 aromatic rings. The number of carbonyl (C=O) groups is 2. The fourth-order valence-electron chi connectivity index (χ4n) is 2.29. The summed E-state index contributed by atoms with van der Waals surface area (Å²) in [7, 11) is 0. The van der Waals surface area contributed by atoms with Crippen LogP contribution in [-0.4, -0.2) is 23.5 Å². The fourth-order valence-corrected chi connectivity index (χ4v) is 3.02. The lowest BCUT2D eigenvalue weighted by molar-refractivity contribution is -0.139. The standard InChI is InChI=1S/C17H16N2O5S/c20-15(18-9-13-3-1-6-23-13)16(21)19-11-17(22,12-5-8-25-10-12)14-4-2-7-24-14/h1-8,10,22H,9,11H2,(H,18,20)(H,19,21). The van der Waals surface area contributed by atoms with Crippen molar-refractivity contribution in [1.82, 2.24) is 10.6 Å². The molecule has 0 bridgehead atoms. The minimum absolute atomic E-state index is 0.103. The lowest BCUT2D eigenvalue weighted by atomic mass is 9.93. The van der Waals surface area contributed by atoms with Crippen LogP contribution in [0.5, 0.6) is 0 Å². The average Bonchev–Trinajstić information content (AvgIpc) is 3.38. The molecule has 8 heteroatoms. The Bertz CT molecular complexity index is 775. The monoisotopic (exact) mass is 360 g/mol. The average molecular weight is 360 g/mol. The summed E-state index contributed by atoms with van der Waals surface area (Å²) in [6.45, 7) is -0.101. The quantitative estimate of drug-likeness (QED) is 0.579. The first-order valence-corrected chi connectivity index (χ1v) is 8.41. The normalized spacial score (nSPS) is 13.2. The molecule has 0 saturated heterocycles. The van der Waals surface area contributed by atoms with E-state index in [0.717, 1.165) is 0 Å². The van der Waals surface area contributed by atoms with Crippen molar-refractivity contribution >= 4 is 23.2 Å². The molecule has 1 atom stereocenters. The maximum atomic E-state index is 12.0. The number of hydrogen-bond donors (Lipinski definition) is 3. The van der Waals surface area contributed by atoms with Gasteiger partial charge in [-0.1, -0.05) is 0 Å². The molecule has 130 valence electrons. The van der Waals surface area contributed by atoms with Gasteiger partial charge in [-0.25, -0.2) is 0 Å². The number of nitrogens with one attached hydrogen (secondary N) is 2. The van der Waals surface area contributed by atoms with Gasteiger partial charge in [-0.05, 0) is 41.1 Å². The van der Waals surface area contributed by atoms with Crippen molar-refractivity contribution in [2.24, 2.45) is 0 Å². The SMILES string of the molecule is O=C(NCc1ccco1)C(=O)NCC(O)(c1ccsc1)c1ccco1. The van der Waals surface area contributed by atoms with Gasteiger partial charge in [0.25, 0.3) is 0 Å². The molecule has 0 saturated carbocycles. The van der Waals surface area contributed by atoms with Gasteiger partial charge in [0, 0.05) is 5.56 Å². The second-order valence-corrected chi connectivity index (χ2v) is 6.07. The first kappa shape index (κ1) is 17.0. The number of thiophene rings is 1. The molecule has 0 aliphatic carbocycles. The van der Waals surface area contributed by atoms with Crippen molar-refractivity contribution in [3.63, 3.8) is 0 Å². The van der Waals surface area contributed by atoms with E-state index in [-0.39, 0.29) is 18.8 Å². The molecule has 1 unspecified atom stereocenters. The Morgan fingerprint density at radius 1 is 1.08 bits per heavy atom. The van der Waals surface area contributed by atoms with Crippen LogP contribution < -0.4 is 10.6 Å². The summed E-state index contributed by atoms with van der Waals surface area (Å²) >= 11 is 1.41. The summed E-state index contributed by atoms with van der Waals surface area (Å²) in [5.74, 6) is -0.857. The van der Waals surface area contributed by atoms with E-state index in [0.29, 0.717) is 11.3 Å². The van der Waals surface area contributed by atoms with E-state index >= 15 is 0 Å². The molecule has 3 aromatic heterocycles. The lowest BCUT2D eigenvalue weighted by Crippen LogP contribution is -2.46. The smallest absolute Gasteiger partial charge is 0.309 e. The number of carbonyl (C=O) groups excluding carboxylic acids is 2. The van der Waals surface area contributed by atoms with Gasteiger partial charge in [-0.15, -0.1) is 0 Å². The van der Waals surface area contributed by atoms with Crippen LogP contribution in [0.4, 0.5) is 0 Å². The zero-order valence-corrected chi connectivity index (χ0v) is 13.9. The summed E-state index contributed by atoms with van der Waals surface area (Å²) < 4.78 is 10.4. The van der Waals surface area contributed by atoms with Crippen LogP contribution in [0.25, 0.3) is 0 Å². The Labute approximate surface area is 147 Å². The zero-order chi connectivity index (χ0) is 17.7. The van der Waals surface area contributed by atoms with Crippen molar-refractivity contribution in [2.45, 2.75) is 12.1 Å². The minimum atomic E-state index is -1.56. The highest BCUT2D eigenvalue weighted by molar-refractivity contribution is 7.08. The van der Waals surface area contributed by atoms with Crippen LogP contribution in [0.3, 0.4) is 0 Å². The van der Waals surface area contributed by atoms with Gasteiger partial charge in [0.2, 0.25) is 0 Å². The molecule has 0 spiro atoms. The largest absolute Gasteiger partial charge is 0.467 e. The maximum Gasteiger partial charge on any atom is 0.309 e. The van der Waals surface area contributed by atoms with Crippen molar-refractivity contribution < 1.29 is 23.5 Å². The predicted molar refractivity (Wildman–Crippen MR) is 89.6 cm³/mol. The second-order valence-electron chi connectivity index (χ2n) is 5.29. The molecule has 0 radical (unpaired) electrons. The highest BCUT2D eigenvalue weighted by atomic mass is 32.1. The Morgan fingerprint density at radius 3 is 2.48 bits per heavy atom. The molecule has 3 N–H and O–H groups in total. The number of rotatable bonds is 6. The highest BCUT2D eigenvalue weighted by Gasteiger charge is 2.36. The van der Waals surface area contributed by atoms with Crippen molar-refractivity contribution in [3.05, 3.63) is 70.7 Å². The molecule has 0 aliphatic rings. The van der Waals surface area contributed by atoms with Gasteiger partial charge in [-0.3, -0.25) is 9.59 Å². The maximum absolute atomic E-state index is 12.0. The van der Waals surface area contributed by atoms with Crippen molar-refractivity contribution in [1.29, 1.82) is 0 Å². The molecular weight excluding hydrogens is 344 g/mol. The Kier molecular flexibility index (Phi) is 5.01. The van der Waals surface area contributed by atoms with Crippen LogP contribution in [0, 0.1) is 0 Å². The predicted octanol–water partition coefficient (Wildman–Crippen LogP) is 1.60. The number of amides is 2. The van der Waals surface area contributed by atoms with E-state index in [1.54, 1.807) is 41.1 Å².